The summed E-state index contributed by atoms with van der Waals surface area (Å²) in [6.45, 7) is 39.2. The third-order valence-corrected chi connectivity index (χ3v) is 19.6. The molecule has 0 saturated carbocycles. The van der Waals surface area contributed by atoms with Crippen LogP contribution in [0.3, 0.4) is 0 Å². The topological polar surface area (TPSA) is 18.5 Å². The van der Waals surface area contributed by atoms with E-state index in [4.69, 9.17) is 9.47 Å². The lowest BCUT2D eigenvalue weighted by molar-refractivity contribution is -0.138. The van der Waals surface area contributed by atoms with Gasteiger partial charge in [-0.15, -0.1) is 0 Å². The minimum Gasteiger partial charge on any atom is -0.458 e. The molecule has 0 spiro atoms. The molecule has 446 valence electrons. The first-order chi connectivity index (χ1) is 40.7. The van der Waals surface area contributed by atoms with Crippen LogP contribution in [0.5, 0.6) is 23.0 Å². The second-order valence-electron chi connectivity index (χ2n) is 31.9. The van der Waals surface area contributed by atoms with Gasteiger partial charge in [0, 0.05) is 0 Å². The largest absolute Gasteiger partial charge is 0.458 e. The zero-order valence-electron chi connectivity index (χ0n) is 53.8. The highest BCUT2D eigenvalue weighted by molar-refractivity contribution is 7.01. The van der Waals surface area contributed by atoms with E-state index in [1.54, 1.807) is 0 Å². The van der Waals surface area contributed by atoms with Crippen LogP contribution in [0.1, 0.15) is 169 Å². The van der Waals surface area contributed by atoms with Crippen LogP contribution >= 0.6 is 0 Å². The fourth-order valence-electron chi connectivity index (χ4n) is 15.3. The van der Waals surface area contributed by atoms with Crippen molar-refractivity contribution < 1.29 is 35.8 Å². The van der Waals surface area contributed by atoms with Gasteiger partial charge in [0.05, 0.1) is 11.1 Å². The summed E-state index contributed by atoms with van der Waals surface area (Å²) < 4.78 is 108. The van der Waals surface area contributed by atoms with Crippen LogP contribution in [0.15, 0.2) is 121 Å². The molecule has 0 N–H and O–H groups in total. The zero-order valence-corrected chi connectivity index (χ0v) is 53.8. The second kappa shape index (κ2) is 18.1. The summed E-state index contributed by atoms with van der Waals surface area (Å²) in [7, 11) is 0. The van der Waals surface area contributed by atoms with Gasteiger partial charge in [0.2, 0.25) is 0 Å². The first-order valence-corrected chi connectivity index (χ1v) is 31.0. The van der Waals surface area contributed by atoms with E-state index in [-0.39, 0.29) is 22.3 Å². The number of para-hydroxylation sites is 2. The van der Waals surface area contributed by atoms with Crippen molar-refractivity contribution in [3.63, 3.8) is 0 Å². The Morgan fingerprint density at radius 1 is 0.284 bits per heavy atom. The van der Waals surface area contributed by atoms with Crippen LogP contribution in [0.2, 0.25) is 0 Å². The molecule has 88 heavy (non-hydrogen) atoms. The third kappa shape index (κ3) is 8.59. The highest BCUT2D eigenvalue weighted by atomic mass is 19.4. The molecule has 4 heterocycles. The first kappa shape index (κ1) is 58.2. The van der Waals surface area contributed by atoms with Gasteiger partial charge in [-0.25, -0.2) is 0 Å². The molecule has 0 bridgehead atoms. The number of hydrogen-bond acceptors (Lipinski definition) is 2. The van der Waals surface area contributed by atoms with Gasteiger partial charge in [0.25, 0.3) is 13.4 Å². The first-order valence-electron chi connectivity index (χ1n) is 31.0. The maximum atomic E-state index is 15.8. The maximum Gasteiger partial charge on any atom is 0.416 e. The summed E-state index contributed by atoms with van der Waals surface area (Å²) in [5.74, 6) is 1.28. The van der Waals surface area contributed by atoms with Crippen molar-refractivity contribution in [1.29, 1.82) is 0 Å². The Morgan fingerprint density at radius 3 is 0.898 bits per heavy atom. The summed E-state index contributed by atoms with van der Waals surface area (Å²) in [6, 6.07) is 38.9. The van der Waals surface area contributed by atoms with Crippen molar-refractivity contribution in [3.8, 4) is 67.5 Å². The number of alkyl halides is 6. The molecule has 10 heteroatoms. The maximum absolute atomic E-state index is 15.8. The lowest BCUT2D eigenvalue weighted by Crippen LogP contribution is -2.58. The smallest absolute Gasteiger partial charge is 0.416 e. The fraction of sp³-hybridized carbons (Fsp3) is 0.333. The molecule has 0 unspecified atom stereocenters. The summed E-state index contributed by atoms with van der Waals surface area (Å²) >= 11 is 0. The standard InChI is InChI=1S/C78H74B2F6O2/c1-71(2,3)39-29-51(73(7,8)9)63(52(30-39)74(10,11)12)43-35-45-49-27-41(77(81,82)83)33-61-69(49)80(56-24-20-22-26-60(56)87-61)58-38-48-44(64-53(75(13,14)15)31-40(72(4,5)6)32-54(64)76(16,17)18)36-46-50-28-42(78(84,85)86)34-62-70(50)79(55-23-19-21-25-59(55)88-62)57-37-47(43)67(65(45)58)68(48)66(46)57/h19-38H,1-18H3. The average molecular weight is 1180 g/mol. The Labute approximate surface area is 514 Å². The van der Waals surface area contributed by atoms with Crippen molar-refractivity contribution in [2.45, 2.75) is 169 Å². The molecular formula is C78H74B2F6O2. The van der Waals surface area contributed by atoms with Gasteiger partial charge in [-0.05, 0) is 213 Å². The van der Waals surface area contributed by atoms with Gasteiger partial charge in [-0.1, -0.05) is 208 Å². The summed E-state index contributed by atoms with van der Waals surface area (Å²) in [6.07, 6.45) is -9.46. The van der Waals surface area contributed by atoms with Crippen molar-refractivity contribution in [3.05, 3.63) is 166 Å². The number of ether oxygens (including phenoxy) is 2. The van der Waals surface area contributed by atoms with Gasteiger partial charge in [-0.2, -0.15) is 26.3 Å². The number of rotatable bonds is 2. The zero-order chi connectivity index (χ0) is 63.2. The van der Waals surface area contributed by atoms with Crippen LogP contribution in [0.25, 0.3) is 76.8 Å². The predicted octanol–water partition coefficient (Wildman–Crippen LogP) is 18.9. The van der Waals surface area contributed by atoms with Crippen molar-refractivity contribution >= 4 is 78.5 Å². The van der Waals surface area contributed by atoms with E-state index in [9.17, 15) is 0 Å². The van der Waals surface area contributed by atoms with Gasteiger partial charge < -0.3 is 9.47 Å². The summed E-state index contributed by atoms with van der Waals surface area (Å²) in [5, 5.41) is 5.21. The Balaban J connectivity index is 1.32. The molecule has 0 aliphatic carbocycles. The van der Waals surface area contributed by atoms with Gasteiger partial charge >= 0.3 is 12.4 Å². The Morgan fingerprint density at radius 2 is 0.602 bits per heavy atom. The Hall–Kier alpha value is -7.45. The van der Waals surface area contributed by atoms with Gasteiger partial charge in [0.15, 0.2) is 0 Å². The van der Waals surface area contributed by atoms with Crippen LogP contribution in [0.4, 0.5) is 26.3 Å². The highest BCUT2D eigenvalue weighted by Crippen LogP contribution is 2.56. The van der Waals surface area contributed by atoms with Crippen LogP contribution < -0.4 is 42.3 Å². The highest BCUT2D eigenvalue weighted by Gasteiger charge is 2.48. The minimum absolute atomic E-state index is 0.159. The number of halogens is 6. The normalized spacial score (nSPS) is 14.7. The van der Waals surface area contributed by atoms with E-state index in [2.05, 4.69) is 173 Å². The quantitative estimate of drug-likeness (QED) is 0.0976. The lowest BCUT2D eigenvalue weighted by atomic mass is 9.31. The summed E-state index contributed by atoms with van der Waals surface area (Å²) in [5.41, 5.74) is 13.6. The van der Waals surface area contributed by atoms with Crippen LogP contribution in [0, 0.1) is 0 Å². The fourth-order valence-corrected chi connectivity index (χ4v) is 15.3. The molecule has 0 fully saturated rings. The second-order valence-corrected chi connectivity index (χ2v) is 31.9. The van der Waals surface area contributed by atoms with E-state index in [1.165, 1.54) is 35.4 Å². The molecule has 0 aromatic heterocycles. The summed E-state index contributed by atoms with van der Waals surface area (Å²) in [4.78, 5) is 0. The van der Waals surface area contributed by atoms with E-state index in [0.29, 0.717) is 44.7 Å². The molecule has 0 radical (unpaired) electrons. The van der Waals surface area contributed by atoms with E-state index in [0.717, 1.165) is 98.7 Å². The van der Waals surface area contributed by atoms with E-state index < -0.39 is 58.6 Å². The molecule has 4 aliphatic heterocycles. The molecule has 0 atom stereocenters. The third-order valence-electron chi connectivity index (χ3n) is 19.6. The molecule has 10 aromatic carbocycles. The number of benzene rings is 10. The SMILES string of the molecule is CC(C)(C)c1cc(C(C)(C)C)c(-c2cc3c4c(cc5c(-c6c(C(C)(C)C)cc(C(C)(C)C)cc6C(C)(C)C)cc6c7c(cc2c4c57)B2c4ccccc4Oc4cc(C(F)(F)F)cc-6c42)B2c4ccccc4Oc4cc(C(F)(F)F)cc-3c42)c(C(C)(C)C)c1. The molecule has 0 amide bonds. The molecule has 14 rings (SSSR count). The van der Waals surface area contributed by atoms with Crippen molar-refractivity contribution in [2.24, 2.45) is 0 Å². The van der Waals surface area contributed by atoms with Gasteiger partial charge in [-0.3, -0.25) is 0 Å². The molecule has 4 aliphatic rings. The monoisotopic (exact) mass is 1180 g/mol. The molecular weight excluding hydrogens is 1100 g/mol. The molecule has 2 nitrogen and oxygen atoms in total. The number of hydrogen-bond donors (Lipinski definition) is 0. The number of fused-ring (bicyclic) bond motifs is 8. The Kier molecular flexibility index (Phi) is 12.0. The molecule has 10 aromatic rings. The lowest BCUT2D eigenvalue weighted by Gasteiger charge is -2.39. The van der Waals surface area contributed by atoms with Crippen molar-refractivity contribution in [1.82, 2.24) is 0 Å². The van der Waals surface area contributed by atoms with E-state index >= 15 is 26.3 Å². The molecule has 0 saturated heterocycles. The predicted molar refractivity (Wildman–Crippen MR) is 356 cm³/mol. The van der Waals surface area contributed by atoms with Crippen molar-refractivity contribution in [2.75, 3.05) is 0 Å². The average Bonchev–Trinajstić information content (AvgIpc) is 0.670. The van der Waals surface area contributed by atoms with Gasteiger partial charge in [0.1, 0.15) is 23.0 Å². The minimum atomic E-state index is -4.73. The van der Waals surface area contributed by atoms with Crippen LogP contribution in [-0.2, 0) is 44.8 Å². The Bertz CT molecular complexity index is 4340. The van der Waals surface area contributed by atoms with E-state index in [1.807, 2.05) is 48.5 Å². The van der Waals surface area contributed by atoms with Crippen LogP contribution in [-0.4, -0.2) is 13.4 Å².